The Hall–Kier alpha value is -1.99. The topological polar surface area (TPSA) is 64.1 Å². The van der Waals surface area contributed by atoms with Crippen LogP contribution in [0.25, 0.3) is 11.4 Å². The molecule has 1 aliphatic rings. The van der Waals surface area contributed by atoms with Crippen molar-refractivity contribution >= 4 is 45.6 Å². The Balaban J connectivity index is 1.64. The van der Waals surface area contributed by atoms with Crippen LogP contribution in [0.3, 0.4) is 0 Å². The van der Waals surface area contributed by atoms with E-state index in [1.165, 1.54) is 11.3 Å². The van der Waals surface area contributed by atoms with Crippen LogP contribution in [-0.4, -0.2) is 29.1 Å². The zero-order chi connectivity index (χ0) is 19.5. The van der Waals surface area contributed by atoms with Gasteiger partial charge in [-0.15, -0.1) is 11.3 Å². The summed E-state index contributed by atoms with van der Waals surface area (Å²) in [6, 6.07) is 10.5. The number of nitrogens with zero attached hydrogens (tertiary/aromatic N) is 2. The molecule has 28 heavy (non-hydrogen) atoms. The lowest BCUT2D eigenvalue weighted by Crippen LogP contribution is -2.13. The third kappa shape index (κ3) is 4.20. The van der Waals surface area contributed by atoms with Crippen molar-refractivity contribution in [2.45, 2.75) is 18.8 Å². The van der Waals surface area contributed by atoms with Gasteiger partial charge < -0.3 is 4.74 Å². The summed E-state index contributed by atoms with van der Waals surface area (Å²) in [7, 11) is 0. The molecule has 1 N–H and O–H groups in total. The average Bonchev–Trinajstić information content (AvgIpc) is 3.15. The van der Waals surface area contributed by atoms with Gasteiger partial charge in [-0.3, -0.25) is 15.1 Å². The zero-order valence-electron chi connectivity index (χ0n) is 14.8. The standard InChI is InChI=1S/C20H17Cl2N3O2S/c21-14-5-4-13(11-15(14)22)19(26)25-20-24-17(16-3-1-2-8-23-16)18(28-20)12-6-9-27-10-7-12/h1-5,8,11-12H,6-7,9-10H2,(H,24,25,26). The predicted octanol–water partition coefficient (Wildman–Crippen LogP) is 5.66. The van der Waals surface area contributed by atoms with Gasteiger partial charge in [0.25, 0.3) is 5.91 Å². The minimum absolute atomic E-state index is 0.279. The molecule has 1 saturated heterocycles. The molecule has 3 heterocycles. The summed E-state index contributed by atoms with van der Waals surface area (Å²) in [5.74, 6) is 0.0669. The lowest BCUT2D eigenvalue weighted by molar-refractivity contribution is 0.0860. The fourth-order valence-corrected chi connectivity index (χ4v) is 4.55. The Kier molecular flexibility index (Phi) is 5.92. The van der Waals surface area contributed by atoms with Crippen LogP contribution in [0.4, 0.5) is 5.13 Å². The van der Waals surface area contributed by atoms with Gasteiger partial charge >= 0.3 is 0 Å². The monoisotopic (exact) mass is 433 g/mol. The minimum atomic E-state index is -0.279. The summed E-state index contributed by atoms with van der Waals surface area (Å²) >= 11 is 13.5. The molecule has 0 spiro atoms. The second kappa shape index (κ2) is 8.57. The summed E-state index contributed by atoms with van der Waals surface area (Å²) in [6.45, 7) is 1.46. The van der Waals surface area contributed by atoms with Gasteiger partial charge in [-0.2, -0.15) is 0 Å². The van der Waals surface area contributed by atoms with E-state index < -0.39 is 0 Å². The average molecular weight is 434 g/mol. The Morgan fingerprint density at radius 2 is 1.96 bits per heavy atom. The number of thiazole rings is 1. The lowest BCUT2D eigenvalue weighted by atomic mass is 9.96. The van der Waals surface area contributed by atoms with E-state index in [2.05, 4.69) is 15.3 Å². The molecular formula is C20H17Cl2N3O2S. The normalized spacial score (nSPS) is 14.8. The van der Waals surface area contributed by atoms with Crippen LogP contribution in [0.2, 0.25) is 10.0 Å². The summed E-state index contributed by atoms with van der Waals surface area (Å²) < 4.78 is 5.49. The highest BCUT2D eigenvalue weighted by Crippen LogP contribution is 2.40. The van der Waals surface area contributed by atoms with Crippen LogP contribution in [0.15, 0.2) is 42.6 Å². The molecule has 0 radical (unpaired) electrons. The minimum Gasteiger partial charge on any atom is -0.381 e. The fourth-order valence-electron chi connectivity index (χ4n) is 3.11. The largest absolute Gasteiger partial charge is 0.381 e. The Bertz CT molecular complexity index is 988. The molecule has 1 aliphatic heterocycles. The van der Waals surface area contributed by atoms with Crippen LogP contribution in [0, 0.1) is 0 Å². The van der Waals surface area contributed by atoms with Gasteiger partial charge in [-0.05, 0) is 43.2 Å². The number of nitrogens with one attached hydrogen (secondary N) is 1. The molecule has 1 amide bonds. The highest BCUT2D eigenvalue weighted by atomic mass is 35.5. The van der Waals surface area contributed by atoms with Gasteiger partial charge in [-0.1, -0.05) is 29.3 Å². The number of hydrogen-bond donors (Lipinski definition) is 1. The first-order valence-corrected chi connectivity index (χ1v) is 10.5. The number of carbonyl (C=O) groups excluding carboxylic acids is 1. The molecule has 0 atom stereocenters. The molecule has 0 aliphatic carbocycles. The van der Waals surface area contributed by atoms with E-state index in [0.29, 0.717) is 26.7 Å². The maximum absolute atomic E-state index is 12.6. The van der Waals surface area contributed by atoms with Crippen molar-refractivity contribution < 1.29 is 9.53 Å². The van der Waals surface area contributed by atoms with Gasteiger partial charge in [0.2, 0.25) is 0 Å². The van der Waals surface area contributed by atoms with Crippen LogP contribution in [0.1, 0.15) is 34.0 Å². The zero-order valence-corrected chi connectivity index (χ0v) is 17.2. The SMILES string of the molecule is O=C(Nc1nc(-c2ccccn2)c(C2CCOCC2)s1)c1ccc(Cl)c(Cl)c1. The summed E-state index contributed by atoms with van der Waals surface area (Å²) in [4.78, 5) is 22.9. The number of rotatable bonds is 4. The third-order valence-corrected chi connectivity index (χ3v) is 6.43. The highest BCUT2D eigenvalue weighted by molar-refractivity contribution is 7.16. The molecule has 1 fully saturated rings. The molecule has 0 unspecified atom stereocenters. The van der Waals surface area contributed by atoms with Crippen LogP contribution < -0.4 is 5.32 Å². The molecule has 8 heteroatoms. The van der Waals surface area contributed by atoms with Crippen LogP contribution >= 0.6 is 34.5 Å². The smallest absolute Gasteiger partial charge is 0.257 e. The van der Waals surface area contributed by atoms with Crippen LogP contribution in [0.5, 0.6) is 0 Å². The van der Waals surface area contributed by atoms with Crippen molar-refractivity contribution in [3.05, 3.63) is 63.1 Å². The number of benzene rings is 1. The van der Waals surface area contributed by atoms with Crippen molar-refractivity contribution in [1.29, 1.82) is 0 Å². The summed E-state index contributed by atoms with van der Waals surface area (Å²) in [5.41, 5.74) is 2.05. The first-order chi connectivity index (χ1) is 13.6. The van der Waals surface area contributed by atoms with E-state index in [-0.39, 0.29) is 5.91 Å². The van der Waals surface area contributed by atoms with Gasteiger partial charge in [0.15, 0.2) is 5.13 Å². The number of amides is 1. The quantitative estimate of drug-likeness (QED) is 0.576. The molecule has 5 nitrogen and oxygen atoms in total. The van der Waals surface area contributed by atoms with Crippen molar-refractivity contribution in [1.82, 2.24) is 9.97 Å². The number of anilines is 1. The summed E-state index contributed by atoms with van der Waals surface area (Å²) in [5, 5.41) is 4.17. The van der Waals surface area contributed by atoms with E-state index in [4.69, 9.17) is 27.9 Å². The lowest BCUT2D eigenvalue weighted by Gasteiger charge is -2.21. The molecule has 144 valence electrons. The molecule has 1 aromatic carbocycles. The first kappa shape index (κ1) is 19.3. The number of carbonyl (C=O) groups is 1. The van der Waals surface area contributed by atoms with E-state index in [1.807, 2.05) is 18.2 Å². The van der Waals surface area contributed by atoms with Crippen molar-refractivity contribution in [3.8, 4) is 11.4 Å². The molecule has 4 rings (SSSR count). The molecule has 3 aromatic rings. The number of pyridine rings is 1. The second-order valence-electron chi connectivity index (χ2n) is 6.42. The van der Waals surface area contributed by atoms with E-state index in [9.17, 15) is 4.79 Å². The molecule has 0 saturated carbocycles. The Morgan fingerprint density at radius 1 is 1.14 bits per heavy atom. The number of hydrogen-bond acceptors (Lipinski definition) is 5. The Morgan fingerprint density at radius 3 is 2.68 bits per heavy atom. The number of halogens is 2. The molecule has 2 aromatic heterocycles. The second-order valence-corrected chi connectivity index (χ2v) is 8.26. The van der Waals surface area contributed by atoms with Crippen molar-refractivity contribution in [3.63, 3.8) is 0 Å². The maximum atomic E-state index is 12.6. The molecule has 0 bridgehead atoms. The van der Waals surface area contributed by atoms with E-state index in [0.717, 1.165) is 42.3 Å². The highest BCUT2D eigenvalue weighted by Gasteiger charge is 2.25. The van der Waals surface area contributed by atoms with E-state index >= 15 is 0 Å². The molecular weight excluding hydrogens is 417 g/mol. The maximum Gasteiger partial charge on any atom is 0.257 e. The van der Waals surface area contributed by atoms with Gasteiger partial charge in [0, 0.05) is 35.8 Å². The van der Waals surface area contributed by atoms with Gasteiger partial charge in [0.05, 0.1) is 15.7 Å². The number of aromatic nitrogens is 2. The Labute approximate surface area is 176 Å². The predicted molar refractivity (Wildman–Crippen MR) is 113 cm³/mol. The summed E-state index contributed by atoms with van der Waals surface area (Å²) in [6.07, 6.45) is 3.61. The third-order valence-electron chi connectivity index (χ3n) is 4.56. The van der Waals surface area contributed by atoms with Gasteiger partial charge in [-0.25, -0.2) is 4.98 Å². The number of ether oxygens (including phenoxy) is 1. The van der Waals surface area contributed by atoms with Gasteiger partial charge in [0.1, 0.15) is 5.69 Å². The van der Waals surface area contributed by atoms with E-state index in [1.54, 1.807) is 24.4 Å². The van der Waals surface area contributed by atoms with Crippen LogP contribution in [-0.2, 0) is 4.74 Å². The fraction of sp³-hybridized carbons (Fsp3) is 0.250. The first-order valence-electron chi connectivity index (χ1n) is 8.88. The van der Waals surface area contributed by atoms with Crippen molar-refractivity contribution in [2.75, 3.05) is 18.5 Å². The van der Waals surface area contributed by atoms with Crippen molar-refractivity contribution in [2.24, 2.45) is 0 Å².